The molecule has 10 nitrogen and oxygen atoms in total. The molecule has 4 rings (SSSR count). The maximum Gasteiger partial charge on any atom is 0.190 e. The van der Waals surface area contributed by atoms with Crippen molar-refractivity contribution >= 4 is 17.5 Å². The maximum absolute atomic E-state index is 8.56. The van der Waals surface area contributed by atoms with Crippen LogP contribution in [0, 0.1) is 11.3 Å². The number of benzene rings is 2. The minimum absolute atomic E-state index is 0.0582. The van der Waals surface area contributed by atoms with E-state index in [0.29, 0.717) is 36.1 Å². The number of anilines is 2. The summed E-state index contributed by atoms with van der Waals surface area (Å²) in [6, 6.07) is 28.6. The summed E-state index contributed by atoms with van der Waals surface area (Å²) in [4.78, 5) is 0. The van der Waals surface area contributed by atoms with Crippen molar-refractivity contribution in [1.29, 1.82) is 5.26 Å². The van der Waals surface area contributed by atoms with E-state index in [1.54, 1.807) is 24.3 Å². The minimum Gasteiger partial charge on any atom is -0.409 e. The smallest absolute Gasteiger partial charge is 0.190 e. The van der Waals surface area contributed by atoms with Crippen LogP contribution in [0.15, 0.2) is 90.1 Å². The van der Waals surface area contributed by atoms with Crippen LogP contribution >= 0.6 is 0 Å². The van der Waals surface area contributed by atoms with Gasteiger partial charge in [-0.2, -0.15) is 5.26 Å². The first-order valence-electron chi connectivity index (χ1n) is 10.3. The number of oxime groups is 1. The largest absolute Gasteiger partial charge is 0.409 e. The first-order valence-corrected chi connectivity index (χ1v) is 10.3. The molecule has 2 aromatic heterocycles. The fraction of sp³-hybridized carbons (Fsp3) is 0.0833. The number of nitrogens with one attached hydrogen (secondary N) is 2. The Bertz CT molecular complexity index is 1210. The van der Waals surface area contributed by atoms with Crippen molar-refractivity contribution in [3.63, 3.8) is 0 Å². The van der Waals surface area contributed by atoms with Gasteiger partial charge >= 0.3 is 0 Å². The number of nitrogens with zero attached hydrogens (tertiary/aromatic N) is 6. The van der Waals surface area contributed by atoms with Gasteiger partial charge in [-0.3, -0.25) is 0 Å². The molecular formula is C24H23N9O. The lowest BCUT2D eigenvalue weighted by atomic mass is 10.2. The Morgan fingerprint density at radius 2 is 1.29 bits per heavy atom. The molecule has 5 N–H and O–H groups in total. The lowest BCUT2D eigenvalue weighted by molar-refractivity contribution is 0.318. The highest BCUT2D eigenvalue weighted by Crippen LogP contribution is 2.06. The Morgan fingerprint density at radius 1 is 0.765 bits per heavy atom. The molecule has 0 aliphatic carbocycles. The fourth-order valence-corrected chi connectivity index (χ4v) is 2.68. The van der Waals surface area contributed by atoms with Crippen LogP contribution in [0.25, 0.3) is 0 Å². The average Bonchev–Trinajstić information content (AvgIpc) is 2.92. The lowest BCUT2D eigenvalue weighted by Crippen LogP contribution is -2.16. The van der Waals surface area contributed by atoms with Gasteiger partial charge < -0.3 is 21.6 Å². The Kier molecular flexibility index (Phi) is 8.84. The third kappa shape index (κ3) is 7.58. The molecule has 0 atom stereocenters. The highest BCUT2D eigenvalue weighted by atomic mass is 16.4. The zero-order valence-electron chi connectivity index (χ0n) is 18.2. The van der Waals surface area contributed by atoms with E-state index < -0.39 is 0 Å². The lowest BCUT2D eigenvalue weighted by Gasteiger charge is -2.05. The number of hydrogen-bond acceptors (Lipinski definition) is 9. The second-order valence-electron chi connectivity index (χ2n) is 6.88. The molecule has 0 aliphatic rings. The van der Waals surface area contributed by atoms with Gasteiger partial charge in [-0.15, -0.1) is 20.4 Å². The highest BCUT2D eigenvalue weighted by molar-refractivity contribution is 5.95. The van der Waals surface area contributed by atoms with Crippen LogP contribution in [-0.4, -0.2) is 31.4 Å². The van der Waals surface area contributed by atoms with Crippen molar-refractivity contribution in [3.05, 3.63) is 107 Å². The molecule has 0 spiro atoms. The molecular weight excluding hydrogens is 430 g/mol. The summed E-state index contributed by atoms with van der Waals surface area (Å²) in [5, 5.41) is 41.5. The number of rotatable bonds is 7. The van der Waals surface area contributed by atoms with Gasteiger partial charge in [0, 0.05) is 13.1 Å². The summed E-state index contributed by atoms with van der Waals surface area (Å²) in [7, 11) is 0. The average molecular weight is 454 g/mol. The van der Waals surface area contributed by atoms with Gasteiger partial charge in [0.1, 0.15) is 23.4 Å². The fourth-order valence-electron chi connectivity index (χ4n) is 2.68. The Hall–Kier alpha value is -5.04. The van der Waals surface area contributed by atoms with Gasteiger partial charge in [-0.05, 0) is 35.4 Å². The minimum atomic E-state index is -0.0582. The molecule has 2 aromatic carbocycles. The molecule has 10 heteroatoms. The van der Waals surface area contributed by atoms with Crippen LogP contribution in [0.2, 0.25) is 0 Å². The van der Waals surface area contributed by atoms with Gasteiger partial charge in [-0.1, -0.05) is 65.8 Å². The molecule has 2 heterocycles. The molecule has 4 aromatic rings. The van der Waals surface area contributed by atoms with Crippen LogP contribution in [0.5, 0.6) is 0 Å². The first kappa shape index (κ1) is 23.6. The van der Waals surface area contributed by atoms with Gasteiger partial charge in [0.2, 0.25) is 0 Å². The summed E-state index contributed by atoms with van der Waals surface area (Å²) < 4.78 is 0. The van der Waals surface area contributed by atoms with Crippen LogP contribution in [0.3, 0.4) is 0 Å². The van der Waals surface area contributed by atoms with Crippen molar-refractivity contribution in [2.75, 3.05) is 10.6 Å². The van der Waals surface area contributed by atoms with Crippen molar-refractivity contribution in [1.82, 2.24) is 20.4 Å². The highest BCUT2D eigenvalue weighted by Gasteiger charge is 2.02. The molecule has 34 heavy (non-hydrogen) atoms. The van der Waals surface area contributed by atoms with Crippen LogP contribution in [0.4, 0.5) is 11.6 Å². The Morgan fingerprint density at radius 3 is 1.71 bits per heavy atom. The van der Waals surface area contributed by atoms with E-state index in [9.17, 15) is 0 Å². The van der Waals surface area contributed by atoms with Gasteiger partial charge in [0.05, 0.1) is 0 Å². The summed E-state index contributed by atoms with van der Waals surface area (Å²) in [5.41, 5.74) is 8.37. The monoisotopic (exact) mass is 453 g/mol. The number of nitriles is 1. The van der Waals surface area contributed by atoms with Gasteiger partial charge in [0.25, 0.3) is 0 Å². The van der Waals surface area contributed by atoms with E-state index in [0.717, 1.165) is 5.56 Å². The predicted molar refractivity (Wildman–Crippen MR) is 129 cm³/mol. The number of aromatic nitrogens is 4. The second kappa shape index (κ2) is 12.7. The Labute approximate surface area is 196 Å². The SMILES string of the molecule is N#Cc1ccc(NCc2ccccc2)nn1.NC(=NO)c1ccc(NCc2ccccc2)nn1. The summed E-state index contributed by atoms with van der Waals surface area (Å²) in [5.74, 6) is 1.24. The van der Waals surface area contributed by atoms with Crippen LogP contribution in [0.1, 0.15) is 22.5 Å². The summed E-state index contributed by atoms with van der Waals surface area (Å²) >= 11 is 0. The molecule has 0 radical (unpaired) electrons. The van der Waals surface area contributed by atoms with E-state index in [1.165, 1.54) is 5.56 Å². The van der Waals surface area contributed by atoms with Gasteiger partial charge in [-0.25, -0.2) is 0 Å². The molecule has 0 bridgehead atoms. The molecule has 0 fully saturated rings. The number of nitrogens with two attached hydrogens (primary N) is 1. The number of hydrogen-bond donors (Lipinski definition) is 4. The number of amidine groups is 1. The van der Waals surface area contributed by atoms with Crippen molar-refractivity contribution < 1.29 is 5.21 Å². The molecule has 0 unspecified atom stereocenters. The normalized spacial score (nSPS) is 10.4. The molecule has 0 aliphatic heterocycles. The predicted octanol–water partition coefficient (Wildman–Crippen LogP) is 3.14. The topological polar surface area (TPSA) is 158 Å². The molecule has 0 saturated carbocycles. The Balaban J connectivity index is 0.000000192. The third-order valence-electron chi connectivity index (χ3n) is 4.45. The van der Waals surface area contributed by atoms with E-state index in [2.05, 4.69) is 36.2 Å². The van der Waals surface area contributed by atoms with Crippen molar-refractivity contribution in [2.45, 2.75) is 13.1 Å². The summed E-state index contributed by atoms with van der Waals surface area (Å²) in [6.07, 6.45) is 0. The van der Waals surface area contributed by atoms with E-state index in [4.69, 9.17) is 16.2 Å². The van der Waals surface area contributed by atoms with E-state index >= 15 is 0 Å². The van der Waals surface area contributed by atoms with Crippen LogP contribution < -0.4 is 16.4 Å². The maximum atomic E-state index is 8.56. The first-order chi connectivity index (χ1) is 16.7. The third-order valence-corrected chi connectivity index (χ3v) is 4.45. The zero-order chi connectivity index (χ0) is 24.0. The quantitative estimate of drug-likeness (QED) is 0.143. The van der Waals surface area contributed by atoms with Gasteiger partial charge in [0.15, 0.2) is 11.5 Å². The van der Waals surface area contributed by atoms with E-state index in [1.807, 2.05) is 66.7 Å². The van der Waals surface area contributed by atoms with Crippen molar-refractivity contribution in [3.8, 4) is 6.07 Å². The van der Waals surface area contributed by atoms with Crippen molar-refractivity contribution in [2.24, 2.45) is 10.9 Å². The zero-order valence-corrected chi connectivity index (χ0v) is 18.2. The summed E-state index contributed by atoms with van der Waals surface area (Å²) in [6.45, 7) is 1.36. The molecule has 170 valence electrons. The molecule has 0 saturated heterocycles. The molecule has 0 amide bonds. The standard InChI is InChI=1S/C12H13N5O.C12H10N4/c13-12(17-18)10-6-7-11(16-15-10)14-8-9-4-2-1-3-5-9;13-8-11-6-7-12(16-15-11)14-9-10-4-2-1-3-5-10/h1-7,18H,8H2,(H2,13,17)(H,14,16);1-7H,9H2,(H,14,16). The second-order valence-corrected chi connectivity index (χ2v) is 6.88. The van der Waals surface area contributed by atoms with Crippen LogP contribution in [-0.2, 0) is 13.1 Å². The van der Waals surface area contributed by atoms with E-state index in [-0.39, 0.29) is 5.84 Å².